The Labute approximate surface area is 79.9 Å². The van der Waals surface area contributed by atoms with Gasteiger partial charge in [-0.2, -0.15) is 0 Å². The Hall–Kier alpha value is -0.800. The topological polar surface area (TPSA) is 88.5 Å². The van der Waals surface area contributed by atoms with E-state index in [-0.39, 0.29) is 25.9 Å². The van der Waals surface area contributed by atoms with E-state index in [1.54, 1.807) is 0 Å². The molecule has 3 fully saturated rings. The Kier molecular flexibility index (Phi) is 1.82. The van der Waals surface area contributed by atoms with Crippen LogP contribution in [0.25, 0.3) is 0 Å². The summed E-state index contributed by atoms with van der Waals surface area (Å²) in [6.07, 6.45) is -0.297. The van der Waals surface area contributed by atoms with Gasteiger partial charge in [-0.3, -0.25) is 18.9 Å². The molecule has 3 rings (SSSR count). The highest BCUT2D eigenvalue weighted by atomic mass is 31.2. The summed E-state index contributed by atoms with van der Waals surface area (Å²) in [4.78, 5) is 34.0. The van der Waals surface area contributed by atoms with Crippen LogP contribution in [0.2, 0.25) is 0 Å². The number of rotatable bonds is 1. The summed E-state index contributed by atoms with van der Waals surface area (Å²) in [6, 6.07) is 0. The number of hydrogen-bond acceptors (Lipinski definition) is 5. The highest BCUT2D eigenvalue weighted by Gasteiger charge is 2.62. The van der Waals surface area contributed by atoms with Crippen LogP contribution in [0, 0.1) is 5.41 Å². The van der Waals surface area contributed by atoms with Crippen molar-refractivity contribution in [3.05, 3.63) is 0 Å². The lowest BCUT2D eigenvalue weighted by Gasteiger charge is -2.41. The molecule has 3 aliphatic heterocycles. The normalized spacial score (nSPS) is 41.9. The summed E-state index contributed by atoms with van der Waals surface area (Å²) in [6.45, 7) is -0.379. The van der Waals surface area contributed by atoms with Crippen molar-refractivity contribution >= 4 is 23.7 Å². The number of fused-ring (bicyclic) bond motifs is 3. The van der Waals surface area contributed by atoms with Crippen molar-refractivity contribution in [2.24, 2.45) is 5.41 Å². The summed E-state index contributed by atoms with van der Waals surface area (Å²) in [5.41, 5.74) is -3.24. The fraction of sp³-hybridized carbons (Fsp3) is 0.625. The minimum atomic E-state index is -3.89. The molecule has 0 aromatic carbocycles. The van der Waals surface area contributed by atoms with Crippen molar-refractivity contribution in [2.45, 2.75) is 19.3 Å². The van der Waals surface area contributed by atoms with Gasteiger partial charge in [-0.1, -0.05) is 0 Å². The van der Waals surface area contributed by atoms with Crippen LogP contribution < -0.4 is 0 Å². The Morgan fingerprint density at radius 2 is 1.43 bits per heavy atom. The molecule has 5 nitrogen and oxygen atoms in total. The van der Waals surface area contributed by atoms with Crippen LogP contribution in [0.5, 0.6) is 0 Å². The van der Waals surface area contributed by atoms with Crippen molar-refractivity contribution in [3.63, 3.8) is 0 Å². The van der Waals surface area contributed by atoms with Gasteiger partial charge in [-0.05, 0) is 0 Å². The van der Waals surface area contributed by atoms with Crippen molar-refractivity contribution in [1.82, 2.24) is 0 Å². The number of carbonyl (C=O) groups is 3. The standard InChI is InChI=1S/C8H9O5P/c9-4-8-1-5(10)14(13,6(11)2-8)7(12)3-8/h9H,1-4H2. The molecule has 1 N–H and O–H groups in total. The zero-order valence-electron chi connectivity index (χ0n) is 7.36. The SMILES string of the molecule is O=C1CC2(CO)CC(=O)P1(=O)C(=O)C2. The van der Waals surface area contributed by atoms with Crippen molar-refractivity contribution < 1.29 is 24.1 Å². The molecule has 2 bridgehead atoms. The van der Waals surface area contributed by atoms with Gasteiger partial charge in [0.05, 0.1) is 6.61 Å². The predicted octanol–water partition coefficient (Wildman–Crippen LogP) is 0.105. The van der Waals surface area contributed by atoms with E-state index >= 15 is 0 Å². The first-order valence-electron chi connectivity index (χ1n) is 4.26. The lowest BCUT2D eigenvalue weighted by atomic mass is 9.79. The first-order chi connectivity index (χ1) is 6.44. The highest BCUT2D eigenvalue weighted by molar-refractivity contribution is 8.06. The molecule has 14 heavy (non-hydrogen) atoms. The summed E-state index contributed by atoms with van der Waals surface area (Å²) < 4.78 is 11.8. The molecule has 76 valence electrons. The molecule has 0 saturated carbocycles. The van der Waals surface area contributed by atoms with Gasteiger partial charge in [-0.15, -0.1) is 0 Å². The summed E-state index contributed by atoms with van der Waals surface area (Å²) in [5.74, 6) is 0. The van der Waals surface area contributed by atoms with Gasteiger partial charge in [-0.25, -0.2) is 0 Å². The Bertz CT molecular complexity index is 341. The molecule has 0 aromatic heterocycles. The first-order valence-corrected chi connectivity index (χ1v) is 5.96. The summed E-state index contributed by atoms with van der Waals surface area (Å²) >= 11 is 0. The molecule has 0 unspecified atom stereocenters. The molecule has 0 aliphatic carbocycles. The zero-order valence-corrected chi connectivity index (χ0v) is 8.25. The van der Waals surface area contributed by atoms with Crippen molar-refractivity contribution in [3.8, 4) is 0 Å². The second-order valence-corrected chi connectivity index (χ2v) is 6.69. The third-order valence-electron chi connectivity index (χ3n) is 2.97. The second kappa shape index (κ2) is 2.61. The first kappa shape index (κ1) is 9.74. The molecule has 0 radical (unpaired) electrons. The van der Waals surface area contributed by atoms with E-state index in [1.165, 1.54) is 0 Å². The Balaban J connectivity index is 2.55. The minimum Gasteiger partial charge on any atom is -0.396 e. The average molecular weight is 216 g/mol. The van der Waals surface area contributed by atoms with Crippen LogP contribution in [0.3, 0.4) is 0 Å². The summed E-state index contributed by atoms with van der Waals surface area (Å²) in [7, 11) is -3.89. The Morgan fingerprint density at radius 3 is 1.71 bits per heavy atom. The van der Waals surface area contributed by atoms with Gasteiger partial charge < -0.3 is 5.11 Å². The molecule has 0 amide bonds. The van der Waals surface area contributed by atoms with Gasteiger partial charge in [0.1, 0.15) is 0 Å². The summed E-state index contributed by atoms with van der Waals surface area (Å²) in [5, 5.41) is 9.06. The smallest absolute Gasteiger partial charge is 0.272 e. The molecule has 0 spiro atoms. The predicted molar refractivity (Wildman–Crippen MR) is 46.0 cm³/mol. The maximum atomic E-state index is 11.8. The van der Waals surface area contributed by atoms with E-state index in [9.17, 15) is 18.9 Å². The van der Waals surface area contributed by atoms with Crippen LogP contribution in [-0.2, 0) is 18.9 Å². The van der Waals surface area contributed by atoms with Gasteiger partial charge in [0, 0.05) is 24.7 Å². The van der Waals surface area contributed by atoms with E-state index in [1.807, 2.05) is 0 Å². The highest BCUT2D eigenvalue weighted by Crippen LogP contribution is 2.65. The molecule has 0 atom stereocenters. The monoisotopic (exact) mass is 216 g/mol. The molecule has 6 heteroatoms. The van der Waals surface area contributed by atoms with Crippen LogP contribution in [0.4, 0.5) is 0 Å². The molecule has 3 saturated heterocycles. The van der Waals surface area contributed by atoms with E-state index < -0.39 is 29.1 Å². The van der Waals surface area contributed by atoms with Crippen molar-refractivity contribution in [1.29, 1.82) is 0 Å². The van der Waals surface area contributed by atoms with Gasteiger partial charge >= 0.3 is 0 Å². The lowest BCUT2D eigenvalue weighted by Crippen LogP contribution is -2.45. The van der Waals surface area contributed by atoms with E-state index in [2.05, 4.69) is 0 Å². The third-order valence-corrected chi connectivity index (χ3v) is 5.55. The van der Waals surface area contributed by atoms with Gasteiger partial charge in [0.2, 0.25) is 16.6 Å². The quantitative estimate of drug-likeness (QED) is 0.628. The largest absolute Gasteiger partial charge is 0.396 e. The molecular formula is C8H9O5P. The van der Waals surface area contributed by atoms with Crippen LogP contribution in [0.15, 0.2) is 0 Å². The second-order valence-electron chi connectivity index (χ2n) is 3.98. The molecule has 3 aliphatic rings. The molecule has 3 heterocycles. The number of aliphatic hydroxyl groups is 1. The maximum Gasteiger partial charge on any atom is 0.272 e. The van der Waals surface area contributed by atoms with Crippen LogP contribution >= 0.6 is 7.14 Å². The number of hydrogen-bond donors (Lipinski definition) is 1. The fourth-order valence-electron chi connectivity index (χ4n) is 2.07. The van der Waals surface area contributed by atoms with E-state index in [0.29, 0.717) is 0 Å². The third kappa shape index (κ3) is 0.940. The van der Waals surface area contributed by atoms with E-state index in [0.717, 1.165) is 0 Å². The van der Waals surface area contributed by atoms with Gasteiger partial charge in [0.25, 0.3) is 7.14 Å². The van der Waals surface area contributed by atoms with Crippen LogP contribution in [0.1, 0.15) is 19.3 Å². The van der Waals surface area contributed by atoms with Gasteiger partial charge in [0.15, 0.2) is 0 Å². The Morgan fingerprint density at radius 1 is 1.07 bits per heavy atom. The molecular weight excluding hydrogens is 207 g/mol. The minimum absolute atomic E-state index is 0.0990. The number of carbonyl (C=O) groups excluding carboxylic acids is 3. The zero-order chi connectivity index (χ0) is 10.6. The molecule has 0 aromatic rings. The van der Waals surface area contributed by atoms with Crippen LogP contribution in [-0.4, -0.2) is 28.3 Å². The fourth-order valence-corrected chi connectivity index (χ4v) is 4.58. The maximum absolute atomic E-state index is 11.8. The number of aliphatic hydroxyl groups excluding tert-OH is 1. The lowest BCUT2D eigenvalue weighted by molar-refractivity contribution is -0.130. The van der Waals surface area contributed by atoms with Crippen molar-refractivity contribution in [2.75, 3.05) is 6.61 Å². The average Bonchev–Trinajstić information content (AvgIpc) is 2.11. The van der Waals surface area contributed by atoms with E-state index in [4.69, 9.17) is 5.11 Å².